The molecule has 0 atom stereocenters. The number of alkyl halides is 3. The molecular formula is C22H33F3N8O2. The third kappa shape index (κ3) is 7.57. The average molecular weight is 499 g/mol. The zero-order valence-electron chi connectivity index (χ0n) is 20.2. The van der Waals surface area contributed by atoms with Gasteiger partial charge < -0.3 is 26.4 Å². The van der Waals surface area contributed by atoms with Gasteiger partial charge in [0.25, 0.3) is 0 Å². The van der Waals surface area contributed by atoms with Crippen LogP contribution in [0.1, 0.15) is 32.4 Å². The fourth-order valence-electron chi connectivity index (χ4n) is 3.19. The van der Waals surface area contributed by atoms with E-state index in [-0.39, 0.29) is 12.2 Å². The predicted octanol–water partition coefficient (Wildman–Crippen LogP) is 2.09. The summed E-state index contributed by atoms with van der Waals surface area (Å²) in [5, 5.41) is 6.88. The standard InChI is InChI=1S/C22H33F3N8O2/c1-15-6-10-35-11-9-32(15)8-5-7-28-19(30-14-26)17(22(23,24)25)12-29-18-13-33(31-16(18)2)21(3,4)20(27)34/h12-14,28H,1,5-11H2,2-4H3,(H2,26,30)(H2,27,34)/b19-17+,29-12-. The van der Waals surface area contributed by atoms with E-state index in [9.17, 15) is 18.0 Å². The van der Waals surface area contributed by atoms with Crippen LogP contribution in [0.2, 0.25) is 0 Å². The van der Waals surface area contributed by atoms with E-state index in [1.165, 1.54) is 10.9 Å². The second-order valence-corrected chi connectivity index (χ2v) is 8.46. The Bertz CT molecular complexity index is 995. The van der Waals surface area contributed by atoms with E-state index in [1.807, 2.05) is 0 Å². The number of aryl methyl sites for hydroxylation is 1. The lowest BCUT2D eigenvalue weighted by Crippen LogP contribution is -2.41. The number of nitrogens with two attached hydrogens (primary N) is 2. The smallest absolute Gasteiger partial charge is 0.390 e. The minimum Gasteiger partial charge on any atom is -0.390 e. The van der Waals surface area contributed by atoms with Gasteiger partial charge in [0, 0.05) is 38.0 Å². The Morgan fingerprint density at radius 1 is 1.37 bits per heavy atom. The van der Waals surface area contributed by atoms with Crippen molar-refractivity contribution in [2.24, 2.45) is 21.5 Å². The zero-order chi connectivity index (χ0) is 26.2. The van der Waals surface area contributed by atoms with Gasteiger partial charge in [0.1, 0.15) is 22.6 Å². The van der Waals surface area contributed by atoms with E-state index in [4.69, 9.17) is 16.2 Å². The van der Waals surface area contributed by atoms with Gasteiger partial charge in [-0.3, -0.25) is 14.5 Å². The summed E-state index contributed by atoms with van der Waals surface area (Å²) < 4.78 is 48.3. The lowest BCUT2D eigenvalue weighted by Gasteiger charge is -2.24. The molecule has 1 aliphatic rings. The summed E-state index contributed by atoms with van der Waals surface area (Å²) in [5.74, 6) is -1.10. The van der Waals surface area contributed by atoms with Gasteiger partial charge in [-0.25, -0.2) is 4.99 Å². The van der Waals surface area contributed by atoms with Crippen LogP contribution in [0.15, 0.2) is 39.9 Å². The van der Waals surface area contributed by atoms with Gasteiger partial charge in [0.15, 0.2) is 0 Å². The summed E-state index contributed by atoms with van der Waals surface area (Å²) in [6.07, 6.45) is -0.688. The Kier molecular flexibility index (Phi) is 9.46. The first kappa shape index (κ1) is 27.9. The molecule has 1 aromatic heterocycles. The number of hydrogen-bond donors (Lipinski definition) is 3. The van der Waals surface area contributed by atoms with Gasteiger partial charge in [0.2, 0.25) is 5.91 Å². The fraction of sp³-hybridized carbons (Fsp3) is 0.545. The van der Waals surface area contributed by atoms with Crippen molar-refractivity contribution in [1.29, 1.82) is 0 Å². The monoisotopic (exact) mass is 498 g/mol. The predicted molar refractivity (Wildman–Crippen MR) is 128 cm³/mol. The Labute approximate surface area is 202 Å². The summed E-state index contributed by atoms with van der Waals surface area (Å²) in [6, 6.07) is 0. The topological polar surface area (TPSA) is 136 Å². The van der Waals surface area contributed by atoms with Gasteiger partial charge in [-0.05, 0) is 27.2 Å². The lowest BCUT2D eigenvalue weighted by atomic mass is 10.1. The molecule has 2 heterocycles. The van der Waals surface area contributed by atoms with Crippen molar-refractivity contribution >= 4 is 24.1 Å². The van der Waals surface area contributed by atoms with Crippen molar-refractivity contribution < 1.29 is 22.7 Å². The maximum atomic E-state index is 13.9. The highest BCUT2D eigenvalue weighted by molar-refractivity contribution is 5.84. The van der Waals surface area contributed by atoms with Crippen molar-refractivity contribution in [3.05, 3.63) is 35.6 Å². The number of rotatable bonds is 10. The number of ether oxygens (including phenoxy) is 1. The van der Waals surface area contributed by atoms with Crippen LogP contribution in [0.5, 0.6) is 0 Å². The van der Waals surface area contributed by atoms with Gasteiger partial charge in [0.05, 0.1) is 31.4 Å². The van der Waals surface area contributed by atoms with Gasteiger partial charge in [-0.15, -0.1) is 0 Å². The molecule has 0 aliphatic carbocycles. The van der Waals surface area contributed by atoms with Crippen LogP contribution in [0.4, 0.5) is 18.9 Å². The Hall–Kier alpha value is -3.35. The van der Waals surface area contributed by atoms with Crippen molar-refractivity contribution in [3.63, 3.8) is 0 Å². The van der Waals surface area contributed by atoms with Crippen molar-refractivity contribution in [2.75, 3.05) is 32.8 Å². The number of hydrogen-bond acceptors (Lipinski definition) is 7. The Balaban J connectivity index is 2.22. The maximum Gasteiger partial charge on any atom is 0.421 e. The van der Waals surface area contributed by atoms with Gasteiger partial charge >= 0.3 is 6.18 Å². The van der Waals surface area contributed by atoms with Crippen molar-refractivity contribution in [3.8, 4) is 0 Å². The van der Waals surface area contributed by atoms with E-state index in [2.05, 4.69) is 31.9 Å². The van der Waals surface area contributed by atoms with Crippen LogP contribution in [0.25, 0.3) is 0 Å². The molecule has 5 N–H and O–H groups in total. The number of allylic oxidation sites excluding steroid dienone is 1. The highest BCUT2D eigenvalue weighted by Gasteiger charge is 2.36. The van der Waals surface area contributed by atoms with Crippen LogP contribution in [0, 0.1) is 6.92 Å². The number of aliphatic imine (C=N–C) groups is 2. The molecule has 35 heavy (non-hydrogen) atoms. The van der Waals surface area contributed by atoms with Crippen LogP contribution in [0.3, 0.4) is 0 Å². The van der Waals surface area contributed by atoms with Crippen molar-refractivity contribution in [2.45, 2.75) is 45.3 Å². The summed E-state index contributed by atoms with van der Waals surface area (Å²) in [5.41, 5.74) is 9.84. The Morgan fingerprint density at radius 2 is 2.09 bits per heavy atom. The molecule has 0 unspecified atom stereocenters. The molecule has 1 aromatic rings. The Morgan fingerprint density at radius 3 is 2.71 bits per heavy atom. The molecule has 0 aromatic carbocycles. The summed E-state index contributed by atoms with van der Waals surface area (Å²) in [7, 11) is 0. The number of aromatic nitrogens is 2. The van der Waals surface area contributed by atoms with E-state index in [1.54, 1.807) is 20.8 Å². The molecule has 0 radical (unpaired) electrons. The van der Waals surface area contributed by atoms with Gasteiger partial charge in [-0.2, -0.15) is 18.3 Å². The maximum absolute atomic E-state index is 13.9. The quantitative estimate of drug-likeness (QED) is 0.257. The van der Waals surface area contributed by atoms with E-state index < -0.39 is 29.0 Å². The molecule has 1 fully saturated rings. The minimum atomic E-state index is -4.76. The number of halogens is 3. The molecule has 0 bridgehead atoms. The third-order valence-electron chi connectivity index (χ3n) is 5.53. The molecule has 1 amide bonds. The molecular weight excluding hydrogens is 465 g/mol. The van der Waals surface area contributed by atoms with Crippen LogP contribution < -0.4 is 16.8 Å². The van der Waals surface area contributed by atoms with Crippen molar-refractivity contribution in [1.82, 2.24) is 20.0 Å². The average Bonchev–Trinajstić information content (AvgIpc) is 3.02. The number of primary amides is 1. The number of amides is 1. The van der Waals surface area contributed by atoms with Crippen LogP contribution in [-0.2, 0) is 15.1 Å². The summed E-state index contributed by atoms with van der Waals surface area (Å²) >= 11 is 0. The number of nitrogens with zero attached hydrogens (tertiary/aromatic N) is 5. The highest BCUT2D eigenvalue weighted by atomic mass is 19.4. The molecule has 1 saturated heterocycles. The van der Waals surface area contributed by atoms with Crippen LogP contribution in [-0.4, -0.2) is 72.2 Å². The fourth-order valence-corrected chi connectivity index (χ4v) is 3.19. The lowest BCUT2D eigenvalue weighted by molar-refractivity contribution is -0.125. The second kappa shape index (κ2) is 11.9. The number of carbonyl (C=O) groups is 1. The second-order valence-electron chi connectivity index (χ2n) is 8.46. The number of nitrogens with one attached hydrogen (secondary N) is 1. The zero-order valence-corrected chi connectivity index (χ0v) is 20.2. The van der Waals surface area contributed by atoms with E-state index in [0.29, 0.717) is 44.6 Å². The first-order chi connectivity index (χ1) is 16.4. The molecule has 194 valence electrons. The largest absolute Gasteiger partial charge is 0.421 e. The van der Waals surface area contributed by atoms with E-state index in [0.717, 1.165) is 18.5 Å². The van der Waals surface area contributed by atoms with Crippen LogP contribution >= 0.6 is 0 Å². The molecule has 1 aliphatic heterocycles. The first-order valence-corrected chi connectivity index (χ1v) is 11.1. The normalized spacial score (nSPS) is 16.6. The first-order valence-electron chi connectivity index (χ1n) is 11.1. The SMILES string of the molecule is C=C1CCOCCN1CCCNC(/N=C/N)=C(/C=N\c1cn(C(C)(C)C(N)=O)nc1C)C(F)(F)F. The molecule has 2 rings (SSSR count). The molecule has 10 nitrogen and oxygen atoms in total. The molecule has 0 saturated carbocycles. The van der Waals surface area contributed by atoms with Gasteiger partial charge in [-0.1, -0.05) is 6.58 Å². The molecule has 13 heteroatoms. The highest BCUT2D eigenvalue weighted by Crippen LogP contribution is 2.29. The van der Waals surface area contributed by atoms with E-state index >= 15 is 0 Å². The minimum absolute atomic E-state index is 0.152. The summed E-state index contributed by atoms with van der Waals surface area (Å²) in [4.78, 5) is 21.4. The molecule has 0 spiro atoms. The summed E-state index contributed by atoms with van der Waals surface area (Å²) in [6.45, 7) is 11.4. The third-order valence-corrected chi connectivity index (χ3v) is 5.53. The number of carbonyl (C=O) groups excluding carboxylic acids is 1.